The van der Waals surface area contributed by atoms with Crippen LogP contribution in [0, 0.1) is 0 Å². The van der Waals surface area contributed by atoms with Crippen LogP contribution in [0.15, 0.2) is 41.8 Å². The molecule has 2 heterocycles. The SMILES string of the molecule is CNc1ncc(S(=O)(=O)NCCc2cccnc2)cn1. The second kappa shape index (κ2) is 6.40. The summed E-state index contributed by atoms with van der Waals surface area (Å²) in [5.74, 6) is 0.374. The van der Waals surface area contributed by atoms with Crippen LogP contribution in [-0.2, 0) is 16.4 Å². The van der Waals surface area contributed by atoms with Crippen molar-refractivity contribution in [2.45, 2.75) is 11.3 Å². The highest BCUT2D eigenvalue weighted by molar-refractivity contribution is 7.89. The predicted octanol–water partition coefficient (Wildman–Crippen LogP) is 0.434. The van der Waals surface area contributed by atoms with Gasteiger partial charge < -0.3 is 5.32 Å². The van der Waals surface area contributed by atoms with Gasteiger partial charge >= 0.3 is 0 Å². The molecule has 0 fully saturated rings. The van der Waals surface area contributed by atoms with E-state index in [1.54, 1.807) is 19.4 Å². The minimum absolute atomic E-state index is 0.0442. The van der Waals surface area contributed by atoms with Crippen molar-refractivity contribution in [3.8, 4) is 0 Å². The maximum Gasteiger partial charge on any atom is 0.243 e. The summed E-state index contributed by atoms with van der Waals surface area (Å²) < 4.78 is 26.5. The number of anilines is 1. The van der Waals surface area contributed by atoms with Crippen LogP contribution in [-0.4, -0.2) is 37.0 Å². The molecule has 2 aromatic heterocycles. The molecule has 0 unspecified atom stereocenters. The van der Waals surface area contributed by atoms with Gasteiger partial charge in [0, 0.05) is 26.0 Å². The predicted molar refractivity (Wildman–Crippen MR) is 74.7 cm³/mol. The number of hydrogen-bond donors (Lipinski definition) is 2. The van der Waals surface area contributed by atoms with Gasteiger partial charge in [-0.1, -0.05) is 6.07 Å². The number of nitrogens with zero attached hydrogens (tertiary/aromatic N) is 3. The van der Waals surface area contributed by atoms with Crippen LogP contribution < -0.4 is 10.0 Å². The maximum atomic E-state index is 12.0. The summed E-state index contributed by atoms with van der Waals surface area (Å²) in [6, 6.07) is 3.71. The Labute approximate surface area is 117 Å². The van der Waals surface area contributed by atoms with E-state index in [2.05, 4.69) is 25.0 Å². The molecule has 0 amide bonds. The van der Waals surface area contributed by atoms with Gasteiger partial charge in [0.1, 0.15) is 4.90 Å². The molecule has 2 N–H and O–H groups in total. The second-order valence-electron chi connectivity index (χ2n) is 4.00. The average Bonchev–Trinajstić information content (AvgIpc) is 2.48. The van der Waals surface area contributed by atoms with E-state index in [0.717, 1.165) is 5.56 Å². The molecule has 0 radical (unpaired) electrons. The van der Waals surface area contributed by atoms with Crippen molar-refractivity contribution in [3.05, 3.63) is 42.5 Å². The highest BCUT2D eigenvalue weighted by atomic mass is 32.2. The summed E-state index contributed by atoms with van der Waals surface area (Å²) in [6.07, 6.45) is 6.49. The Morgan fingerprint density at radius 3 is 2.55 bits per heavy atom. The van der Waals surface area contributed by atoms with Crippen molar-refractivity contribution in [2.24, 2.45) is 0 Å². The van der Waals surface area contributed by atoms with Crippen LogP contribution in [0.5, 0.6) is 0 Å². The summed E-state index contributed by atoms with van der Waals surface area (Å²) in [6.45, 7) is 0.293. The van der Waals surface area contributed by atoms with Crippen LogP contribution >= 0.6 is 0 Å². The Morgan fingerprint density at radius 1 is 1.20 bits per heavy atom. The van der Waals surface area contributed by atoms with E-state index in [9.17, 15) is 8.42 Å². The Hall–Kier alpha value is -2.06. The molecule has 0 aromatic carbocycles. The van der Waals surface area contributed by atoms with Crippen molar-refractivity contribution in [1.82, 2.24) is 19.7 Å². The molecule has 0 atom stereocenters. The van der Waals surface area contributed by atoms with Crippen molar-refractivity contribution in [2.75, 3.05) is 18.9 Å². The fraction of sp³-hybridized carbons (Fsp3) is 0.250. The van der Waals surface area contributed by atoms with E-state index in [4.69, 9.17) is 0 Å². The third-order valence-electron chi connectivity index (χ3n) is 2.59. The highest BCUT2D eigenvalue weighted by Gasteiger charge is 2.14. The number of sulfonamides is 1. The molecular formula is C12H15N5O2S. The van der Waals surface area contributed by atoms with Crippen molar-refractivity contribution in [3.63, 3.8) is 0 Å². The lowest BCUT2D eigenvalue weighted by molar-refractivity contribution is 0.580. The van der Waals surface area contributed by atoms with Gasteiger partial charge in [-0.2, -0.15) is 0 Å². The molecule has 106 valence electrons. The van der Waals surface area contributed by atoms with E-state index in [1.165, 1.54) is 12.4 Å². The first-order chi connectivity index (χ1) is 9.62. The highest BCUT2D eigenvalue weighted by Crippen LogP contribution is 2.07. The van der Waals surface area contributed by atoms with E-state index < -0.39 is 10.0 Å². The van der Waals surface area contributed by atoms with E-state index in [-0.39, 0.29) is 4.90 Å². The minimum atomic E-state index is -3.58. The van der Waals surface area contributed by atoms with Gasteiger partial charge in [0.25, 0.3) is 0 Å². The van der Waals surface area contributed by atoms with Crippen LogP contribution in [0.3, 0.4) is 0 Å². The van der Waals surface area contributed by atoms with E-state index >= 15 is 0 Å². The lowest BCUT2D eigenvalue weighted by Gasteiger charge is -2.06. The molecule has 2 aromatic rings. The summed E-state index contributed by atoms with van der Waals surface area (Å²) in [5, 5.41) is 2.73. The maximum absolute atomic E-state index is 12.0. The van der Waals surface area contributed by atoms with Crippen LogP contribution in [0.1, 0.15) is 5.56 Å². The molecule has 8 heteroatoms. The summed E-state index contributed by atoms with van der Waals surface area (Å²) in [4.78, 5) is 11.8. The molecule has 7 nitrogen and oxygen atoms in total. The monoisotopic (exact) mass is 293 g/mol. The molecule has 0 saturated heterocycles. The summed E-state index contributed by atoms with van der Waals surface area (Å²) in [5.41, 5.74) is 0.969. The fourth-order valence-corrected chi connectivity index (χ4v) is 2.46. The number of nitrogens with one attached hydrogen (secondary N) is 2. The first kappa shape index (κ1) is 14.4. The van der Waals surface area contributed by atoms with E-state index in [1.807, 2.05) is 12.1 Å². The molecule has 0 spiro atoms. The first-order valence-electron chi connectivity index (χ1n) is 6.00. The molecule has 0 aliphatic carbocycles. The molecular weight excluding hydrogens is 278 g/mol. The normalized spacial score (nSPS) is 11.2. The quantitative estimate of drug-likeness (QED) is 0.802. The number of rotatable bonds is 6. The van der Waals surface area contributed by atoms with Crippen LogP contribution in [0.4, 0.5) is 5.95 Å². The Bertz CT molecular complexity index is 643. The third kappa shape index (κ3) is 3.72. The van der Waals surface area contributed by atoms with Gasteiger partial charge in [-0.3, -0.25) is 4.98 Å². The first-order valence-corrected chi connectivity index (χ1v) is 7.48. The minimum Gasteiger partial charge on any atom is -0.357 e. The Morgan fingerprint density at radius 2 is 1.95 bits per heavy atom. The van der Waals surface area contributed by atoms with Crippen molar-refractivity contribution in [1.29, 1.82) is 0 Å². The molecule has 0 bridgehead atoms. The standard InChI is InChI=1S/C12H15N5O2S/c1-13-12-15-8-11(9-16-12)20(18,19)17-6-4-10-3-2-5-14-7-10/h2-3,5,7-9,17H,4,6H2,1H3,(H,13,15,16). The number of hydrogen-bond acceptors (Lipinski definition) is 6. The van der Waals surface area contributed by atoms with Gasteiger partial charge in [0.15, 0.2) is 0 Å². The zero-order chi connectivity index (χ0) is 14.4. The largest absolute Gasteiger partial charge is 0.357 e. The van der Waals surface area contributed by atoms with Crippen molar-refractivity contribution >= 4 is 16.0 Å². The molecule has 20 heavy (non-hydrogen) atoms. The number of pyridine rings is 1. The smallest absolute Gasteiger partial charge is 0.243 e. The lowest BCUT2D eigenvalue weighted by atomic mass is 10.2. The topological polar surface area (TPSA) is 96.9 Å². The zero-order valence-electron chi connectivity index (χ0n) is 10.9. The second-order valence-corrected chi connectivity index (χ2v) is 5.77. The van der Waals surface area contributed by atoms with Gasteiger partial charge in [0.05, 0.1) is 12.4 Å². The third-order valence-corrected chi connectivity index (χ3v) is 4.01. The van der Waals surface area contributed by atoms with Crippen LogP contribution in [0.25, 0.3) is 0 Å². The lowest BCUT2D eigenvalue weighted by Crippen LogP contribution is -2.26. The number of aromatic nitrogens is 3. The van der Waals surface area contributed by atoms with Gasteiger partial charge in [-0.25, -0.2) is 23.1 Å². The molecule has 0 aliphatic rings. The van der Waals surface area contributed by atoms with Crippen LogP contribution in [0.2, 0.25) is 0 Å². The molecule has 0 aliphatic heterocycles. The summed E-state index contributed by atoms with van der Waals surface area (Å²) in [7, 11) is -1.92. The van der Waals surface area contributed by atoms with Crippen molar-refractivity contribution < 1.29 is 8.42 Å². The fourth-order valence-electron chi connectivity index (χ4n) is 1.54. The average molecular weight is 293 g/mol. The zero-order valence-corrected chi connectivity index (χ0v) is 11.8. The molecule has 0 saturated carbocycles. The van der Waals surface area contributed by atoms with Gasteiger partial charge in [0.2, 0.25) is 16.0 Å². The van der Waals surface area contributed by atoms with Gasteiger partial charge in [-0.05, 0) is 18.1 Å². The Kier molecular flexibility index (Phi) is 4.59. The summed E-state index contributed by atoms with van der Waals surface area (Å²) >= 11 is 0. The molecule has 2 rings (SSSR count). The van der Waals surface area contributed by atoms with E-state index in [0.29, 0.717) is 18.9 Å². The van der Waals surface area contributed by atoms with Gasteiger partial charge in [-0.15, -0.1) is 0 Å². The Balaban J connectivity index is 1.96.